The Kier molecular flexibility index (Phi) is 3.10. The number of alkyl carbamates (subject to hydrolysis) is 1. The smallest absolute Gasteiger partial charge is 0.407 e. The predicted octanol–water partition coefficient (Wildman–Crippen LogP) is 1.61. The van der Waals surface area contributed by atoms with Crippen LogP contribution < -0.4 is 5.32 Å². The van der Waals surface area contributed by atoms with Gasteiger partial charge in [-0.25, -0.2) is 4.79 Å². The summed E-state index contributed by atoms with van der Waals surface area (Å²) in [7, 11) is 0. The van der Waals surface area contributed by atoms with Crippen LogP contribution in [-0.4, -0.2) is 23.4 Å². The molecule has 4 heteroatoms. The molecule has 0 bridgehead atoms. The van der Waals surface area contributed by atoms with Crippen LogP contribution in [0.4, 0.5) is 4.79 Å². The molecule has 1 aromatic rings. The molecule has 16 heavy (non-hydrogen) atoms. The Hall–Kier alpha value is -1.55. The first kappa shape index (κ1) is 11.0. The van der Waals surface area contributed by atoms with E-state index in [1.165, 1.54) is 0 Å². The highest BCUT2D eigenvalue weighted by Gasteiger charge is 2.31. The van der Waals surface area contributed by atoms with E-state index in [0.717, 1.165) is 5.56 Å². The summed E-state index contributed by atoms with van der Waals surface area (Å²) in [5.41, 5.74) is 1.03. The number of nitrogens with one attached hydrogen (secondary N) is 1. The number of amides is 1. The van der Waals surface area contributed by atoms with E-state index in [4.69, 9.17) is 4.74 Å². The number of ether oxygens (including phenoxy) is 1. The number of carbonyl (C=O) groups is 1. The van der Waals surface area contributed by atoms with Crippen LogP contribution in [0.5, 0.6) is 0 Å². The molecule has 3 unspecified atom stereocenters. The quantitative estimate of drug-likeness (QED) is 0.797. The van der Waals surface area contributed by atoms with Gasteiger partial charge in [-0.1, -0.05) is 30.3 Å². The predicted molar refractivity (Wildman–Crippen MR) is 58.9 cm³/mol. The van der Waals surface area contributed by atoms with E-state index >= 15 is 0 Å². The second-order valence-electron chi connectivity index (χ2n) is 4.03. The SMILES string of the molecule is CC(O)C1CC(c2ccccc2)NC(=O)O1. The summed E-state index contributed by atoms with van der Waals surface area (Å²) in [6.45, 7) is 1.63. The molecule has 2 N–H and O–H groups in total. The zero-order chi connectivity index (χ0) is 11.5. The van der Waals surface area contributed by atoms with Crippen molar-refractivity contribution < 1.29 is 14.6 Å². The van der Waals surface area contributed by atoms with E-state index in [9.17, 15) is 9.90 Å². The van der Waals surface area contributed by atoms with E-state index in [-0.39, 0.29) is 6.04 Å². The van der Waals surface area contributed by atoms with E-state index in [1.807, 2.05) is 30.3 Å². The highest BCUT2D eigenvalue weighted by molar-refractivity contribution is 5.69. The first-order valence-electron chi connectivity index (χ1n) is 5.37. The van der Waals surface area contributed by atoms with Gasteiger partial charge in [0.05, 0.1) is 12.1 Å². The average molecular weight is 221 g/mol. The van der Waals surface area contributed by atoms with Crippen LogP contribution in [0.3, 0.4) is 0 Å². The molecule has 1 aliphatic heterocycles. The summed E-state index contributed by atoms with van der Waals surface area (Å²) in [4.78, 5) is 11.3. The molecule has 0 saturated carbocycles. The van der Waals surface area contributed by atoms with Crippen LogP contribution in [0.25, 0.3) is 0 Å². The van der Waals surface area contributed by atoms with Crippen molar-refractivity contribution in [3.05, 3.63) is 35.9 Å². The summed E-state index contributed by atoms with van der Waals surface area (Å²) in [5.74, 6) is 0. The van der Waals surface area contributed by atoms with Crippen LogP contribution in [-0.2, 0) is 4.74 Å². The van der Waals surface area contributed by atoms with Crippen LogP contribution >= 0.6 is 0 Å². The van der Waals surface area contributed by atoms with Gasteiger partial charge in [0.1, 0.15) is 6.10 Å². The third kappa shape index (κ3) is 2.33. The van der Waals surface area contributed by atoms with Gasteiger partial charge in [0.25, 0.3) is 0 Å². The van der Waals surface area contributed by atoms with Crippen molar-refractivity contribution in [2.45, 2.75) is 31.6 Å². The molecule has 1 fully saturated rings. The van der Waals surface area contributed by atoms with Crippen LogP contribution in [0.15, 0.2) is 30.3 Å². The van der Waals surface area contributed by atoms with Gasteiger partial charge in [-0.3, -0.25) is 0 Å². The van der Waals surface area contributed by atoms with Crippen molar-refractivity contribution in [1.82, 2.24) is 5.32 Å². The Balaban J connectivity index is 2.14. The Morgan fingerprint density at radius 3 is 2.75 bits per heavy atom. The second kappa shape index (κ2) is 4.53. The number of hydrogen-bond donors (Lipinski definition) is 2. The number of cyclic esters (lactones) is 1. The van der Waals surface area contributed by atoms with Gasteiger partial charge >= 0.3 is 6.09 Å². The zero-order valence-corrected chi connectivity index (χ0v) is 9.09. The molecular weight excluding hydrogens is 206 g/mol. The highest BCUT2D eigenvalue weighted by Crippen LogP contribution is 2.25. The molecule has 3 atom stereocenters. The lowest BCUT2D eigenvalue weighted by atomic mass is 9.97. The van der Waals surface area contributed by atoms with Crippen LogP contribution in [0, 0.1) is 0 Å². The molecule has 0 aromatic heterocycles. The van der Waals surface area contributed by atoms with Crippen molar-refractivity contribution in [2.75, 3.05) is 0 Å². The molecule has 1 aliphatic rings. The Labute approximate surface area is 94.2 Å². The van der Waals surface area contributed by atoms with Crippen molar-refractivity contribution in [3.8, 4) is 0 Å². The van der Waals surface area contributed by atoms with Crippen LogP contribution in [0.2, 0.25) is 0 Å². The first-order valence-corrected chi connectivity index (χ1v) is 5.37. The van der Waals surface area contributed by atoms with E-state index < -0.39 is 18.3 Å². The Morgan fingerprint density at radius 2 is 2.12 bits per heavy atom. The Morgan fingerprint density at radius 1 is 1.44 bits per heavy atom. The number of benzene rings is 1. The minimum Gasteiger partial charge on any atom is -0.443 e. The minimum absolute atomic E-state index is 0.0814. The third-order valence-corrected chi connectivity index (χ3v) is 2.76. The molecule has 4 nitrogen and oxygen atoms in total. The molecule has 0 radical (unpaired) electrons. The summed E-state index contributed by atoms with van der Waals surface area (Å²) >= 11 is 0. The van der Waals surface area contributed by atoms with Crippen molar-refractivity contribution in [3.63, 3.8) is 0 Å². The molecule has 1 heterocycles. The van der Waals surface area contributed by atoms with E-state index in [0.29, 0.717) is 6.42 Å². The standard InChI is InChI=1S/C12H15NO3/c1-8(14)11-7-10(13-12(15)16-11)9-5-3-2-4-6-9/h2-6,8,10-11,14H,7H2,1H3,(H,13,15). The number of aliphatic hydroxyl groups is 1. The van der Waals surface area contributed by atoms with Gasteiger partial charge in [0, 0.05) is 6.42 Å². The third-order valence-electron chi connectivity index (χ3n) is 2.76. The fourth-order valence-corrected chi connectivity index (χ4v) is 1.85. The van der Waals surface area contributed by atoms with E-state index in [2.05, 4.69) is 5.32 Å². The first-order chi connectivity index (χ1) is 7.66. The van der Waals surface area contributed by atoms with Crippen LogP contribution in [0.1, 0.15) is 24.9 Å². The van der Waals surface area contributed by atoms with Crippen molar-refractivity contribution in [2.24, 2.45) is 0 Å². The molecule has 1 amide bonds. The Bertz CT molecular complexity index is 364. The number of carbonyl (C=O) groups excluding carboxylic acids is 1. The van der Waals surface area contributed by atoms with Gasteiger partial charge in [-0.15, -0.1) is 0 Å². The van der Waals surface area contributed by atoms with Crippen molar-refractivity contribution >= 4 is 6.09 Å². The fourth-order valence-electron chi connectivity index (χ4n) is 1.85. The topological polar surface area (TPSA) is 58.6 Å². The second-order valence-corrected chi connectivity index (χ2v) is 4.03. The molecule has 2 rings (SSSR count). The number of hydrogen-bond acceptors (Lipinski definition) is 3. The fraction of sp³-hybridized carbons (Fsp3) is 0.417. The van der Waals surface area contributed by atoms with Crippen molar-refractivity contribution in [1.29, 1.82) is 0 Å². The number of aliphatic hydroxyl groups excluding tert-OH is 1. The zero-order valence-electron chi connectivity index (χ0n) is 9.09. The summed E-state index contributed by atoms with van der Waals surface area (Å²) in [6, 6.07) is 9.60. The normalized spacial score (nSPS) is 26.8. The monoisotopic (exact) mass is 221 g/mol. The highest BCUT2D eigenvalue weighted by atomic mass is 16.6. The maximum absolute atomic E-state index is 11.3. The molecule has 1 saturated heterocycles. The molecule has 86 valence electrons. The molecule has 1 aromatic carbocycles. The largest absolute Gasteiger partial charge is 0.443 e. The number of rotatable bonds is 2. The summed E-state index contributed by atoms with van der Waals surface area (Å²) < 4.78 is 5.00. The van der Waals surface area contributed by atoms with Gasteiger partial charge in [0.2, 0.25) is 0 Å². The van der Waals surface area contributed by atoms with Gasteiger partial charge in [-0.2, -0.15) is 0 Å². The maximum Gasteiger partial charge on any atom is 0.407 e. The maximum atomic E-state index is 11.3. The van der Waals surface area contributed by atoms with E-state index in [1.54, 1.807) is 6.92 Å². The summed E-state index contributed by atoms with van der Waals surface area (Å²) in [5, 5.41) is 12.2. The molecular formula is C12H15NO3. The summed E-state index contributed by atoms with van der Waals surface area (Å²) in [6.07, 6.45) is -0.949. The van der Waals surface area contributed by atoms with Gasteiger partial charge < -0.3 is 15.2 Å². The lowest BCUT2D eigenvalue weighted by Gasteiger charge is -2.31. The van der Waals surface area contributed by atoms with Gasteiger partial charge in [-0.05, 0) is 12.5 Å². The molecule has 0 aliphatic carbocycles. The average Bonchev–Trinajstić information content (AvgIpc) is 2.29. The lowest BCUT2D eigenvalue weighted by Crippen LogP contribution is -2.44. The molecule has 0 spiro atoms. The van der Waals surface area contributed by atoms with Gasteiger partial charge in [0.15, 0.2) is 0 Å². The minimum atomic E-state index is -0.641. The lowest BCUT2D eigenvalue weighted by molar-refractivity contribution is -0.0156.